The summed E-state index contributed by atoms with van der Waals surface area (Å²) >= 11 is 0. The number of aromatic nitrogens is 2. The van der Waals surface area contributed by atoms with Crippen molar-refractivity contribution < 1.29 is 40.7 Å². The van der Waals surface area contributed by atoms with Crippen molar-refractivity contribution in [2.45, 2.75) is 68.8 Å². The Bertz CT molecular complexity index is 2330. The van der Waals surface area contributed by atoms with E-state index in [1.54, 1.807) is 31.2 Å². The van der Waals surface area contributed by atoms with E-state index in [9.17, 15) is 26.9 Å². The summed E-state index contributed by atoms with van der Waals surface area (Å²) in [4.78, 5) is 19.8. The molecule has 4 aromatic rings. The van der Waals surface area contributed by atoms with Gasteiger partial charge >= 0.3 is 5.69 Å². The van der Waals surface area contributed by atoms with Crippen molar-refractivity contribution in [2.75, 3.05) is 56.1 Å². The minimum Gasteiger partial charge on any atom is -0.454 e. The van der Waals surface area contributed by atoms with Crippen LogP contribution in [0.3, 0.4) is 0 Å². The van der Waals surface area contributed by atoms with Gasteiger partial charge in [-0.1, -0.05) is 7.43 Å². The molecule has 2 saturated heterocycles. The standard InChI is InChI=1S/C18H20N4O6S.C18H22N4O4S.CH4/c1-12-2-4-15(22(23)24)18(19-12)20-13-6-8-21(9-7-13)29(25,26)14-3-5-16-17(10-14)28-11-27-16;1-12-2-4-15(19)18(20-12)21-13-6-8-22(9-7-13)27(23,24)14-3-5-16-17(10-14)26-11-25-16;/h2-5,10,13H,6-9,11H2,1H3,(H,19,20);2-5,10,13H,6-9,11,19H2,1H3,(H,20,21);1H4. The van der Waals surface area contributed by atoms with Crippen LogP contribution in [0, 0.1) is 24.0 Å². The molecule has 4 N–H and O–H groups in total. The summed E-state index contributed by atoms with van der Waals surface area (Å²) in [7, 11) is -7.23. The monoisotopic (exact) mass is 826 g/mol. The topological polar surface area (TPSA) is 231 Å². The number of piperidine rings is 2. The number of nitro groups is 1. The van der Waals surface area contributed by atoms with Crippen LogP contribution in [-0.4, -0.2) is 92.2 Å². The molecular formula is C37H46N8O10S2. The summed E-state index contributed by atoms with van der Waals surface area (Å²) in [6, 6.07) is 16.0. The van der Waals surface area contributed by atoms with E-state index in [1.165, 1.54) is 32.9 Å². The van der Waals surface area contributed by atoms with Crippen molar-refractivity contribution in [2.24, 2.45) is 0 Å². The van der Waals surface area contributed by atoms with Gasteiger partial charge in [0.05, 0.1) is 20.4 Å². The third-order valence-corrected chi connectivity index (χ3v) is 13.6. The number of nitrogen functional groups attached to an aromatic ring is 1. The molecule has 18 nitrogen and oxygen atoms in total. The molecule has 0 aliphatic carbocycles. The lowest BCUT2D eigenvalue weighted by atomic mass is 10.1. The molecule has 4 aliphatic heterocycles. The van der Waals surface area contributed by atoms with Crippen LogP contribution in [-0.2, 0) is 20.0 Å². The summed E-state index contributed by atoms with van der Waals surface area (Å²) < 4.78 is 75.7. The van der Waals surface area contributed by atoms with Gasteiger partial charge in [0.2, 0.25) is 39.5 Å². The largest absolute Gasteiger partial charge is 0.454 e. The van der Waals surface area contributed by atoms with Gasteiger partial charge in [0.15, 0.2) is 23.0 Å². The van der Waals surface area contributed by atoms with E-state index in [0.717, 1.165) is 5.69 Å². The van der Waals surface area contributed by atoms with Gasteiger partial charge in [-0.25, -0.2) is 26.8 Å². The number of nitrogens with zero attached hydrogens (tertiary/aromatic N) is 5. The first-order valence-corrected chi connectivity index (χ1v) is 20.8. The number of aryl methyl sites for hydroxylation is 2. The van der Waals surface area contributed by atoms with Crippen molar-refractivity contribution in [3.63, 3.8) is 0 Å². The average Bonchev–Trinajstić information content (AvgIpc) is 3.86. The number of nitrogens with one attached hydrogen (secondary N) is 2. The Morgan fingerprint density at radius 3 is 1.56 bits per heavy atom. The zero-order valence-corrected chi connectivity index (χ0v) is 32.3. The Hall–Kier alpha value is -5.44. The van der Waals surface area contributed by atoms with E-state index in [-0.39, 0.29) is 54.4 Å². The molecule has 57 heavy (non-hydrogen) atoms. The maximum absolute atomic E-state index is 12.9. The molecule has 20 heteroatoms. The molecule has 0 amide bonds. The van der Waals surface area contributed by atoms with Crippen LogP contribution in [0.2, 0.25) is 0 Å². The first-order valence-electron chi connectivity index (χ1n) is 18.0. The van der Waals surface area contributed by atoms with Gasteiger partial charge in [0.25, 0.3) is 0 Å². The Morgan fingerprint density at radius 1 is 0.667 bits per heavy atom. The highest BCUT2D eigenvalue weighted by Crippen LogP contribution is 2.37. The van der Waals surface area contributed by atoms with Crippen molar-refractivity contribution in [1.29, 1.82) is 0 Å². The molecule has 4 aliphatic rings. The molecule has 2 aromatic carbocycles. The summed E-state index contributed by atoms with van der Waals surface area (Å²) in [6.07, 6.45) is 2.38. The van der Waals surface area contributed by atoms with Gasteiger partial charge in [0.1, 0.15) is 5.82 Å². The fourth-order valence-electron chi connectivity index (χ4n) is 6.73. The number of pyridine rings is 2. The molecule has 0 spiro atoms. The summed E-state index contributed by atoms with van der Waals surface area (Å²) in [5.74, 6) is 2.85. The van der Waals surface area contributed by atoms with E-state index in [4.69, 9.17) is 24.7 Å². The number of nitrogens with two attached hydrogens (primary N) is 1. The minimum atomic E-state index is -3.66. The normalized spacial score (nSPS) is 17.2. The fourth-order valence-corrected chi connectivity index (χ4v) is 9.70. The summed E-state index contributed by atoms with van der Waals surface area (Å²) in [6.45, 7) is 5.32. The molecule has 8 rings (SSSR count). The molecular weight excluding hydrogens is 781 g/mol. The van der Waals surface area contributed by atoms with Gasteiger partial charge in [-0.2, -0.15) is 8.61 Å². The Morgan fingerprint density at radius 2 is 1.09 bits per heavy atom. The summed E-state index contributed by atoms with van der Waals surface area (Å²) in [5.41, 5.74) is 8.02. The number of hydrogen-bond donors (Lipinski definition) is 3. The van der Waals surface area contributed by atoms with Crippen molar-refractivity contribution in [1.82, 2.24) is 18.6 Å². The highest BCUT2D eigenvalue weighted by atomic mass is 32.2. The van der Waals surface area contributed by atoms with Crippen LogP contribution in [0.5, 0.6) is 23.0 Å². The maximum Gasteiger partial charge on any atom is 0.311 e. The molecule has 2 fully saturated rings. The minimum absolute atomic E-state index is 0. The lowest BCUT2D eigenvalue weighted by Crippen LogP contribution is -2.42. The average molecular weight is 827 g/mol. The van der Waals surface area contributed by atoms with E-state index in [0.29, 0.717) is 92.1 Å². The summed E-state index contributed by atoms with van der Waals surface area (Å²) in [5, 5.41) is 17.7. The van der Waals surface area contributed by atoms with Gasteiger partial charge < -0.3 is 35.3 Å². The Kier molecular flexibility index (Phi) is 12.3. The lowest BCUT2D eigenvalue weighted by molar-refractivity contribution is -0.384. The Labute approximate surface area is 331 Å². The van der Waals surface area contributed by atoms with Crippen LogP contribution in [0.15, 0.2) is 70.5 Å². The number of hydrogen-bond acceptors (Lipinski definition) is 15. The first kappa shape index (κ1) is 41.2. The molecule has 2 aromatic heterocycles. The van der Waals surface area contributed by atoms with Crippen molar-refractivity contribution in [3.05, 3.63) is 82.2 Å². The first-order chi connectivity index (χ1) is 26.8. The van der Waals surface area contributed by atoms with Crippen LogP contribution in [0.1, 0.15) is 44.5 Å². The third kappa shape index (κ3) is 9.08. The Balaban J connectivity index is 0.000000190. The zero-order valence-electron chi connectivity index (χ0n) is 30.7. The van der Waals surface area contributed by atoms with Crippen LogP contribution in [0.4, 0.5) is 23.0 Å². The van der Waals surface area contributed by atoms with Gasteiger partial charge in [-0.3, -0.25) is 10.1 Å². The van der Waals surface area contributed by atoms with E-state index in [1.807, 2.05) is 19.1 Å². The molecule has 0 saturated carbocycles. The van der Waals surface area contributed by atoms with Gasteiger partial charge in [-0.05, 0) is 82.0 Å². The molecule has 6 heterocycles. The smallest absolute Gasteiger partial charge is 0.311 e. The number of rotatable bonds is 9. The molecule has 0 unspecified atom stereocenters. The fraction of sp³-hybridized carbons (Fsp3) is 0.405. The van der Waals surface area contributed by atoms with E-state index in [2.05, 4.69) is 20.6 Å². The number of sulfonamides is 2. The highest BCUT2D eigenvalue weighted by Gasteiger charge is 2.33. The van der Waals surface area contributed by atoms with Crippen LogP contribution >= 0.6 is 0 Å². The second-order valence-electron chi connectivity index (χ2n) is 13.6. The SMILES string of the molecule is C.Cc1ccc(N)c(NC2CCN(S(=O)(=O)c3ccc4c(c3)OCO4)CC2)n1.Cc1ccc([N+](=O)[O-])c(NC2CCN(S(=O)(=O)c3ccc4c(c3)OCO4)CC2)n1. The number of fused-ring (bicyclic) bond motifs is 2. The molecule has 0 radical (unpaired) electrons. The third-order valence-electron chi connectivity index (χ3n) is 9.83. The second-order valence-corrected chi connectivity index (χ2v) is 17.5. The highest BCUT2D eigenvalue weighted by molar-refractivity contribution is 7.89. The number of anilines is 3. The van der Waals surface area contributed by atoms with Crippen LogP contribution < -0.4 is 35.3 Å². The maximum atomic E-state index is 12.9. The van der Waals surface area contributed by atoms with Gasteiger partial charge in [0, 0.05) is 67.8 Å². The second kappa shape index (κ2) is 17.0. The van der Waals surface area contributed by atoms with E-state index >= 15 is 0 Å². The lowest BCUT2D eigenvalue weighted by Gasteiger charge is -2.32. The predicted octanol–water partition coefficient (Wildman–Crippen LogP) is 4.89. The van der Waals surface area contributed by atoms with Crippen molar-refractivity contribution >= 4 is 43.1 Å². The van der Waals surface area contributed by atoms with Gasteiger partial charge in [-0.15, -0.1) is 0 Å². The number of benzene rings is 2. The predicted molar refractivity (Wildman–Crippen MR) is 212 cm³/mol. The van der Waals surface area contributed by atoms with Crippen LogP contribution in [0.25, 0.3) is 0 Å². The zero-order chi connectivity index (χ0) is 39.6. The number of ether oxygens (including phenoxy) is 4. The molecule has 306 valence electrons. The molecule has 0 atom stereocenters. The molecule has 0 bridgehead atoms. The quantitative estimate of drug-likeness (QED) is 0.151. The van der Waals surface area contributed by atoms with Crippen molar-refractivity contribution in [3.8, 4) is 23.0 Å². The van der Waals surface area contributed by atoms with E-state index < -0.39 is 25.0 Å².